The van der Waals surface area contributed by atoms with Gasteiger partial charge in [-0.2, -0.15) is 0 Å². The maximum atomic E-state index is 15.5. The molecule has 7 nitrogen and oxygen atoms in total. The number of piperidine rings is 1. The highest BCUT2D eigenvalue weighted by atomic mass is 19.1. The number of ether oxygens (including phenoxy) is 1. The molecule has 2 aliphatic rings. The predicted octanol–water partition coefficient (Wildman–Crippen LogP) is 4.92. The molecule has 0 spiro atoms. The summed E-state index contributed by atoms with van der Waals surface area (Å²) in [7, 11) is 1.24. The van der Waals surface area contributed by atoms with E-state index in [0.29, 0.717) is 11.7 Å². The number of halogens is 2. The Kier molecular flexibility index (Phi) is 5.83. The third kappa shape index (κ3) is 4.40. The molecule has 9 heteroatoms. The highest BCUT2D eigenvalue weighted by Crippen LogP contribution is 2.44. The number of methoxy groups -OCH3 is 1. The van der Waals surface area contributed by atoms with Crippen LogP contribution in [-0.2, 0) is 0 Å². The van der Waals surface area contributed by atoms with E-state index in [4.69, 9.17) is 4.74 Å². The summed E-state index contributed by atoms with van der Waals surface area (Å²) in [4.78, 5) is 3.98. The molecule has 2 fully saturated rings. The van der Waals surface area contributed by atoms with Gasteiger partial charge in [-0.15, -0.1) is 10.2 Å². The zero-order valence-corrected chi connectivity index (χ0v) is 20.0. The summed E-state index contributed by atoms with van der Waals surface area (Å²) < 4.78 is 35.5. The second-order valence-corrected chi connectivity index (χ2v) is 10.2. The second kappa shape index (κ2) is 8.71. The number of aromatic hydroxyl groups is 1. The molecular formula is C26H29F2N5O2. The Balaban J connectivity index is 1.38. The third-order valence-electron chi connectivity index (χ3n) is 7.20. The van der Waals surface area contributed by atoms with Gasteiger partial charge in [-0.25, -0.2) is 13.8 Å². The number of hydrogen-bond acceptors (Lipinski definition) is 7. The van der Waals surface area contributed by atoms with Crippen LogP contribution in [0, 0.1) is 17.6 Å². The normalized spacial score (nSPS) is 25.5. The van der Waals surface area contributed by atoms with Crippen LogP contribution in [0.2, 0.25) is 0 Å². The number of fused-ring (bicyclic) bond motifs is 2. The number of nitrogens with one attached hydrogen (secondary N) is 2. The lowest BCUT2D eigenvalue weighted by molar-refractivity contribution is 0.178. The fourth-order valence-electron chi connectivity index (χ4n) is 5.75. The highest BCUT2D eigenvalue weighted by molar-refractivity contribution is 5.76. The average Bonchev–Trinajstić information content (AvgIpc) is 3.06. The minimum atomic E-state index is -1.00. The first-order valence-corrected chi connectivity index (χ1v) is 11.8. The molecule has 2 aromatic heterocycles. The number of anilines is 1. The van der Waals surface area contributed by atoms with Gasteiger partial charge in [0.25, 0.3) is 5.88 Å². The van der Waals surface area contributed by atoms with Gasteiger partial charge in [-0.05, 0) is 63.6 Å². The molecule has 3 aromatic rings. The number of nitrogens with zero attached hydrogens (tertiary/aromatic N) is 3. The number of phenolic OH excluding ortho intramolecular Hbond substituents is 1. The van der Waals surface area contributed by atoms with Crippen LogP contribution < -0.4 is 15.4 Å². The van der Waals surface area contributed by atoms with Gasteiger partial charge in [0.05, 0.1) is 12.7 Å². The standard InChI is InChI=1S/C26H29F2N5O2/c1-25-10-11-26(2,33-25)13-15(12-25)14-29-19-9-8-17(31-32-19)23-21(27)20(22(28)24(30-23)35-3)16-6-4-5-7-18(16)34/h4-9,15,33-34H,10-14H2,1-3H3,(H,29,32). The number of para-hydroxylation sites is 1. The van der Waals surface area contributed by atoms with E-state index in [0.717, 1.165) is 19.4 Å². The third-order valence-corrected chi connectivity index (χ3v) is 7.20. The Hall–Kier alpha value is -3.33. The Morgan fingerprint density at radius 2 is 1.77 bits per heavy atom. The topological polar surface area (TPSA) is 92.2 Å². The molecule has 0 amide bonds. The van der Waals surface area contributed by atoms with E-state index in [2.05, 4.69) is 39.7 Å². The Morgan fingerprint density at radius 1 is 1.06 bits per heavy atom. The number of pyridine rings is 1. The Labute approximate surface area is 203 Å². The van der Waals surface area contributed by atoms with Crippen LogP contribution in [0.1, 0.15) is 39.5 Å². The van der Waals surface area contributed by atoms with E-state index in [1.807, 2.05) is 0 Å². The lowest BCUT2D eigenvalue weighted by atomic mass is 9.80. The van der Waals surface area contributed by atoms with E-state index in [1.54, 1.807) is 24.3 Å². The van der Waals surface area contributed by atoms with E-state index in [-0.39, 0.29) is 33.8 Å². The van der Waals surface area contributed by atoms with Gasteiger partial charge in [-0.3, -0.25) is 0 Å². The zero-order valence-electron chi connectivity index (χ0n) is 20.0. The lowest BCUT2D eigenvalue weighted by Crippen LogP contribution is -2.54. The molecule has 0 aliphatic carbocycles. The molecule has 0 saturated carbocycles. The van der Waals surface area contributed by atoms with Gasteiger partial charge in [0.1, 0.15) is 23.0 Å². The first-order valence-electron chi connectivity index (χ1n) is 11.8. The van der Waals surface area contributed by atoms with Crippen molar-refractivity contribution in [3.8, 4) is 34.1 Å². The summed E-state index contributed by atoms with van der Waals surface area (Å²) in [6.07, 6.45) is 4.58. The van der Waals surface area contributed by atoms with Crippen molar-refractivity contribution in [3.63, 3.8) is 0 Å². The Bertz CT molecular complexity index is 1240. The summed E-state index contributed by atoms with van der Waals surface area (Å²) in [5, 5.41) is 25.7. The van der Waals surface area contributed by atoms with E-state index < -0.39 is 23.1 Å². The average molecular weight is 482 g/mol. The molecule has 35 heavy (non-hydrogen) atoms. The fraction of sp³-hybridized carbons (Fsp3) is 0.423. The molecular weight excluding hydrogens is 452 g/mol. The first kappa shape index (κ1) is 23.4. The predicted molar refractivity (Wildman–Crippen MR) is 129 cm³/mol. The van der Waals surface area contributed by atoms with Crippen molar-refractivity contribution >= 4 is 5.82 Å². The molecule has 0 radical (unpaired) electrons. The molecule has 1 aromatic carbocycles. The smallest absolute Gasteiger partial charge is 0.251 e. The fourth-order valence-corrected chi connectivity index (χ4v) is 5.75. The minimum absolute atomic E-state index is 0.00553. The lowest BCUT2D eigenvalue weighted by Gasteiger charge is -2.42. The summed E-state index contributed by atoms with van der Waals surface area (Å²) in [5.74, 6) is -1.52. The first-order chi connectivity index (χ1) is 16.7. The summed E-state index contributed by atoms with van der Waals surface area (Å²) in [5.41, 5.74) is -0.153. The number of rotatable bonds is 6. The zero-order chi connectivity index (χ0) is 24.8. The van der Waals surface area contributed by atoms with Gasteiger partial charge >= 0.3 is 0 Å². The van der Waals surface area contributed by atoms with E-state index in [1.165, 1.54) is 32.1 Å². The number of benzene rings is 1. The van der Waals surface area contributed by atoms with Crippen LogP contribution in [0.3, 0.4) is 0 Å². The number of hydrogen-bond donors (Lipinski definition) is 3. The van der Waals surface area contributed by atoms with Crippen LogP contribution in [0.25, 0.3) is 22.5 Å². The van der Waals surface area contributed by atoms with Crippen molar-refractivity contribution in [1.82, 2.24) is 20.5 Å². The van der Waals surface area contributed by atoms with Gasteiger partial charge in [-0.1, -0.05) is 18.2 Å². The van der Waals surface area contributed by atoms with Gasteiger partial charge in [0.15, 0.2) is 11.6 Å². The summed E-state index contributed by atoms with van der Waals surface area (Å²) in [6.45, 7) is 5.36. The summed E-state index contributed by atoms with van der Waals surface area (Å²) >= 11 is 0. The van der Waals surface area contributed by atoms with Gasteiger partial charge in [0, 0.05) is 23.2 Å². The van der Waals surface area contributed by atoms with Crippen LogP contribution in [-0.4, -0.2) is 45.0 Å². The van der Waals surface area contributed by atoms with Crippen LogP contribution >= 0.6 is 0 Å². The van der Waals surface area contributed by atoms with Crippen molar-refractivity contribution in [2.24, 2.45) is 5.92 Å². The van der Waals surface area contributed by atoms with Crippen LogP contribution in [0.5, 0.6) is 11.6 Å². The van der Waals surface area contributed by atoms with Crippen molar-refractivity contribution in [1.29, 1.82) is 0 Å². The molecule has 2 bridgehead atoms. The molecule has 3 N–H and O–H groups in total. The van der Waals surface area contributed by atoms with Crippen LogP contribution in [0.4, 0.5) is 14.6 Å². The number of phenols is 1. The Morgan fingerprint density at radius 3 is 2.40 bits per heavy atom. The molecule has 5 rings (SSSR count). The summed E-state index contributed by atoms with van der Waals surface area (Å²) in [6, 6.07) is 9.22. The maximum absolute atomic E-state index is 15.5. The quantitative estimate of drug-likeness (QED) is 0.460. The van der Waals surface area contributed by atoms with Crippen molar-refractivity contribution < 1.29 is 18.6 Å². The van der Waals surface area contributed by atoms with Crippen molar-refractivity contribution in [2.75, 3.05) is 19.0 Å². The highest BCUT2D eigenvalue weighted by Gasteiger charge is 2.48. The number of aromatic nitrogens is 3. The molecule has 184 valence electrons. The van der Waals surface area contributed by atoms with E-state index >= 15 is 4.39 Å². The minimum Gasteiger partial charge on any atom is -0.507 e. The SMILES string of the molecule is COc1nc(-c2ccc(NCC3CC4(C)CCC(C)(C3)N4)nn2)c(F)c(-c2ccccc2O)c1F. The van der Waals surface area contributed by atoms with Crippen LogP contribution in [0.15, 0.2) is 36.4 Å². The molecule has 4 heterocycles. The second-order valence-electron chi connectivity index (χ2n) is 10.2. The van der Waals surface area contributed by atoms with Gasteiger partial charge < -0.3 is 20.5 Å². The molecule has 2 aliphatic heterocycles. The largest absolute Gasteiger partial charge is 0.507 e. The maximum Gasteiger partial charge on any atom is 0.251 e. The monoisotopic (exact) mass is 481 g/mol. The molecule has 2 unspecified atom stereocenters. The molecule has 2 atom stereocenters. The molecule has 2 saturated heterocycles. The van der Waals surface area contributed by atoms with E-state index in [9.17, 15) is 9.50 Å². The van der Waals surface area contributed by atoms with Crippen molar-refractivity contribution in [2.45, 2.75) is 50.6 Å². The van der Waals surface area contributed by atoms with Gasteiger partial charge in [0.2, 0.25) is 0 Å². The van der Waals surface area contributed by atoms with Crippen molar-refractivity contribution in [3.05, 3.63) is 48.0 Å².